The first kappa shape index (κ1) is 12.2. The number of hydroxylamine groups is 2. The van der Waals surface area contributed by atoms with Crippen LogP contribution in [-0.4, -0.2) is 24.1 Å². The van der Waals surface area contributed by atoms with Crippen LogP contribution in [0.1, 0.15) is 39.0 Å². The topological polar surface area (TPSA) is 29.5 Å². The van der Waals surface area contributed by atoms with Gasteiger partial charge in [0, 0.05) is 0 Å². The molecule has 0 unspecified atom stereocenters. The highest BCUT2D eigenvalue weighted by Crippen LogP contribution is 2.23. The molecule has 0 spiro atoms. The highest BCUT2D eigenvalue weighted by Gasteiger charge is 2.36. The van der Waals surface area contributed by atoms with Crippen LogP contribution < -0.4 is 0 Å². The van der Waals surface area contributed by atoms with Crippen LogP contribution >= 0.6 is 0 Å². The predicted octanol–water partition coefficient (Wildman–Crippen LogP) is 2.53. The van der Waals surface area contributed by atoms with Crippen LogP contribution in [-0.2, 0) is 9.63 Å². The number of carbonyl (C=O) groups excluding carboxylic acids is 1. The van der Waals surface area contributed by atoms with E-state index in [1.165, 1.54) is 5.06 Å². The van der Waals surface area contributed by atoms with Crippen molar-refractivity contribution in [1.82, 2.24) is 5.06 Å². The van der Waals surface area contributed by atoms with Crippen molar-refractivity contribution in [3.8, 4) is 0 Å². The lowest BCUT2D eigenvalue weighted by Gasteiger charge is -2.37. The maximum Gasteiger partial charge on any atom is 0.251 e. The first-order chi connectivity index (χ1) is 7.29. The number of nitrogens with zero attached hydrogens (tertiary/aromatic N) is 1. The maximum absolute atomic E-state index is 11.5. The standard InChI is InChI=1S/C12H21NO2/c1-3-5-7-8-11-10-13(12(11)14)15-9-6-4-2/h3,11H,1,4-10H2,2H3/t11-/m1/s1. The molecule has 0 bridgehead atoms. The summed E-state index contributed by atoms with van der Waals surface area (Å²) < 4.78 is 0. The Balaban J connectivity index is 2.06. The lowest BCUT2D eigenvalue weighted by molar-refractivity contribution is -0.221. The molecular formula is C12H21NO2. The van der Waals surface area contributed by atoms with E-state index < -0.39 is 0 Å². The highest BCUT2D eigenvalue weighted by atomic mass is 16.7. The minimum absolute atomic E-state index is 0.162. The zero-order valence-electron chi connectivity index (χ0n) is 9.58. The van der Waals surface area contributed by atoms with E-state index in [1.54, 1.807) is 0 Å². The van der Waals surface area contributed by atoms with Crippen molar-refractivity contribution < 1.29 is 9.63 Å². The van der Waals surface area contributed by atoms with Gasteiger partial charge in [-0.15, -0.1) is 6.58 Å². The van der Waals surface area contributed by atoms with Crippen LogP contribution in [0, 0.1) is 5.92 Å². The molecule has 0 aromatic carbocycles. The van der Waals surface area contributed by atoms with Crippen LogP contribution in [0.4, 0.5) is 0 Å². The first-order valence-electron chi connectivity index (χ1n) is 5.84. The average molecular weight is 211 g/mol. The molecule has 1 aliphatic heterocycles. The molecule has 1 aliphatic rings. The molecule has 1 amide bonds. The second-order valence-electron chi connectivity index (χ2n) is 4.00. The number of β-lactam (4-membered cyclic amide) rings is 1. The molecule has 0 aromatic rings. The van der Waals surface area contributed by atoms with Gasteiger partial charge in [0.25, 0.3) is 5.91 Å². The summed E-state index contributed by atoms with van der Waals surface area (Å²) in [7, 11) is 0. The third kappa shape index (κ3) is 3.67. The normalized spacial score (nSPS) is 20.2. The highest BCUT2D eigenvalue weighted by molar-refractivity contribution is 5.83. The molecule has 0 N–H and O–H groups in total. The van der Waals surface area contributed by atoms with Gasteiger partial charge < -0.3 is 0 Å². The zero-order chi connectivity index (χ0) is 11.1. The Kier molecular flexibility index (Phi) is 5.40. The average Bonchev–Trinajstić information content (AvgIpc) is 2.25. The van der Waals surface area contributed by atoms with Gasteiger partial charge >= 0.3 is 0 Å². The smallest absolute Gasteiger partial charge is 0.251 e. The van der Waals surface area contributed by atoms with Gasteiger partial charge in [0.15, 0.2) is 0 Å². The summed E-state index contributed by atoms with van der Waals surface area (Å²) in [5.41, 5.74) is 0. The summed E-state index contributed by atoms with van der Waals surface area (Å²) in [5.74, 6) is 0.363. The third-order valence-electron chi connectivity index (χ3n) is 2.69. The van der Waals surface area contributed by atoms with Gasteiger partial charge in [-0.3, -0.25) is 9.63 Å². The van der Waals surface area contributed by atoms with Crippen molar-refractivity contribution in [3.05, 3.63) is 12.7 Å². The molecule has 15 heavy (non-hydrogen) atoms. The molecule has 0 saturated carbocycles. The molecule has 1 heterocycles. The van der Waals surface area contributed by atoms with E-state index in [-0.39, 0.29) is 11.8 Å². The summed E-state index contributed by atoms with van der Waals surface area (Å²) in [6.45, 7) is 7.22. The summed E-state index contributed by atoms with van der Waals surface area (Å²) in [6.07, 6.45) is 7.05. The van der Waals surface area contributed by atoms with Crippen molar-refractivity contribution >= 4 is 5.91 Å². The molecule has 0 aliphatic carbocycles. The molecule has 86 valence electrons. The number of hydrogen-bond donors (Lipinski definition) is 0. The van der Waals surface area contributed by atoms with Crippen LogP contribution in [0.2, 0.25) is 0 Å². The van der Waals surface area contributed by atoms with Gasteiger partial charge in [-0.2, -0.15) is 0 Å². The number of rotatable bonds is 8. The van der Waals surface area contributed by atoms with Gasteiger partial charge in [0.1, 0.15) is 0 Å². The molecule has 3 heteroatoms. The second kappa shape index (κ2) is 6.62. The van der Waals surface area contributed by atoms with E-state index >= 15 is 0 Å². The Bertz CT molecular complexity index is 216. The third-order valence-corrected chi connectivity index (χ3v) is 2.69. The summed E-state index contributed by atoms with van der Waals surface area (Å²) in [6, 6.07) is 0. The minimum Gasteiger partial charge on any atom is -0.272 e. The predicted molar refractivity (Wildman–Crippen MR) is 60.1 cm³/mol. The van der Waals surface area contributed by atoms with Gasteiger partial charge in [-0.05, 0) is 25.7 Å². The summed E-state index contributed by atoms with van der Waals surface area (Å²) >= 11 is 0. The van der Waals surface area contributed by atoms with Crippen LogP contribution in [0.3, 0.4) is 0 Å². The van der Waals surface area contributed by atoms with E-state index in [0.29, 0.717) is 6.61 Å². The summed E-state index contributed by atoms with van der Waals surface area (Å²) in [4.78, 5) is 16.9. The lowest BCUT2D eigenvalue weighted by Crippen LogP contribution is -2.52. The van der Waals surface area contributed by atoms with Crippen molar-refractivity contribution in [2.45, 2.75) is 39.0 Å². The van der Waals surface area contributed by atoms with Crippen molar-refractivity contribution in [2.24, 2.45) is 5.92 Å². The Morgan fingerprint density at radius 3 is 3.00 bits per heavy atom. The van der Waals surface area contributed by atoms with Gasteiger partial charge in [-0.1, -0.05) is 19.4 Å². The van der Waals surface area contributed by atoms with Crippen molar-refractivity contribution in [3.63, 3.8) is 0 Å². The number of unbranched alkanes of at least 4 members (excludes halogenated alkanes) is 2. The Hall–Kier alpha value is -0.830. The molecule has 1 atom stereocenters. The molecule has 3 nitrogen and oxygen atoms in total. The van der Waals surface area contributed by atoms with Gasteiger partial charge in [-0.25, -0.2) is 5.06 Å². The van der Waals surface area contributed by atoms with E-state index in [9.17, 15) is 4.79 Å². The molecule has 0 aromatic heterocycles. The Labute approximate surface area is 92.0 Å². The number of carbonyl (C=O) groups is 1. The fourth-order valence-electron chi connectivity index (χ4n) is 1.62. The van der Waals surface area contributed by atoms with E-state index in [1.807, 2.05) is 6.08 Å². The lowest BCUT2D eigenvalue weighted by atomic mass is 9.95. The van der Waals surface area contributed by atoms with Crippen molar-refractivity contribution in [2.75, 3.05) is 13.2 Å². The quantitative estimate of drug-likeness (QED) is 0.351. The SMILES string of the molecule is C=CCCC[C@@H]1CN(OCCCC)C1=O. The van der Waals surface area contributed by atoms with Crippen molar-refractivity contribution in [1.29, 1.82) is 0 Å². The molecular weight excluding hydrogens is 190 g/mol. The maximum atomic E-state index is 11.5. The monoisotopic (exact) mass is 211 g/mol. The van der Waals surface area contributed by atoms with Crippen LogP contribution in [0.15, 0.2) is 12.7 Å². The second-order valence-corrected chi connectivity index (χ2v) is 4.00. The molecule has 1 fully saturated rings. The number of amides is 1. The summed E-state index contributed by atoms with van der Waals surface area (Å²) in [5, 5.41) is 1.51. The fraction of sp³-hybridized carbons (Fsp3) is 0.750. The van der Waals surface area contributed by atoms with E-state index in [2.05, 4.69) is 13.5 Å². The number of allylic oxidation sites excluding steroid dienone is 1. The zero-order valence-corrected chi connectivity index (χ0v) is 9.58. The fourth-order valence-corrected chi connectivity index (χ4v) is 1.62. The van der Waals surface area contributed by atoms with Crippen LogP contribution in [0.25, 0.3) is 0 Å². The van der Waals surface area contributed by atoms with Gasteiger partial charge in [0.2, 0.25) is 0 Å². The largest absolute Gasteiger partial charge is 0.272 e. The Morgan fingerprint density at radius 1 is 1.60 bits per heavy atom. The number of hydrogen-bond acceptors (Lipinski definition) is 2. The molecule has 1 rings (SSSR count). The van der Waals surface area contributed by atoms with E-state index in [0.717, 1.165) is 38.6 Å². The van der Waals surface area contributed by atoms with E-state index in [4.69, 9.17) is 4.84 Å². The minimum atomic E-state index is 0.162. The first-order valence-corrected chi connectivity index (χ1v) is 5.84. The van der Waals surface area contributed by atoms with Gasteiger partial charge in [0.05, 0.1) is 19.1 Å². The Morgan fingerprint density at radius 2 is 2.40 bits per heavy atom. The molecule has 1 saturated heterocycles. The van der Waals surface area contributed by atoms with Crippen LogP contribution in [0.5, 0.6) is 0 Å². The molecule has 0 radical (unpaired) electrons.